The van der Waals surface area contributed by atoms with Gasteiger partial charge in [-0.2, -0.15) is 0 Å². The molecule has 1 saturated heterocycles. The molecule has 6 nitrogen and oxygen atoms in total. The fraction of sp³-hybridized carbons (Fsp3) is 0.636. The van der Waals surface area contributed by atoms with Crippen molar-refractivity contribution in [1.82, 2.24) is 9.97 Å². The molecule has 1 N–H and O–H groups in total. The highest BCUT2D eigenvalue weighted by atomic mass is 16.5. The molecule has 2 heterocycles. The van der Waals surface area contributed by atoms with Gasteiger partial charge in [0.25, 0.3) is 11.4 Å². The zero-order valence-electron chi connectivity index (χ0n) is 9.77. The molecule has 0 amide bonds. The van der Waals surface area contributed by atoms with Crippen molar-refractivity contribution in [2.75, 3.05) is 26.9 Å². The summed E-state index contributed by atoms with van der Waals surface area (Å²) in [6, 6.07) is 0. The zero-order valence-corrected chi connectivity index (χ0v) is 9.77. The van der Waals surface area contributed by atoms with Crippen molar-refractivity contribution in [2.24, 2.45) is 5.92 Å². The van der Waals surface area contributed by atoms with E-state index in [0.29, 0.717) is 12.5 Å². The first-order chi connectivity index (χ1) is 8.31. The number of hydrogen-bond donors (Lipinski definition) is 1. The Bertz CT molecular complexity index is 412. The van der Waals surface area contributed by atoms with Crippen LogP contribution in [-0.2, 0) is 4.74 Å². The predicted octanol–water partition coefficient (Wildman–Crippen LogP) is 0.584. The number of aromatic nitrogens is 2. The van der Waals surface area contributed by atoms with E-state index in [4.69, 9.17) is 14.2 Å². The van der Waals surface area contributed by atoms with Gasteiger partial charge < -0.3 is 19.2 Å². The summed E-state index contributed by atoms with van der Waals surface area (Å²) in [4.78, 5) is 17.8. The number of H-pyrrole nitrogens is 1. The minimum absolute atomic E-state index is 0.125. The molecule has 1 aromatic rings. The SMILES string of the molecule is COc1c(OCC2CCOCC2)nc[nH]c1=O. The minimum atomic E-state index is -0.329. The lowest BCUT2D eigenvalue weighted by Gasteiger charge is -2.21. The van der Waals surface area contributed by atoms with E-state index >= 15 is 0 Å². The maximum absolute atomic E-state index is 11.4. The molecule has 0 unspecified atom stereocenters. The molecule has 0 aliphatic carbocycles. The van der Waals surface area contributed by atoms with E-state index in [1.165, 1.54) is 13.4 Å². The van der Waals surface area contributed by atoms with Crippen LogP contribution in [0.25, 0.3) is 0 Å². The molecule has 0 spiro atoms. The molecule has 2 rings (SSSR count). The highest BCUT2D eigenvalue weighted by Gasteiger charge is 2.17. The van der Waals surface area contributed by atoms with Crippen molar-refractivity contribution in [3.63, 3.8) is 0 Å². The molecule has 0 aromatic carbocycles. The molecule has 0 bridgehead atoms. The van der Waals surface area contributed by atoms with Crippen molar-refractivity contribution in [3.05, 3.63) is 16.7 Å². The lowest BCUT2D eigenvalue weighted by molar-refractivity contribution is 0.0485. The molecular weight excluding hydrogens is 224 g/mol. The van der Waals surface area contributed by atoms with Crippen LogP contribution < -0.4 is 15.0 Å². The number of nitrogens with one attached hydrogen (secondary N) is 1. The van der Waals surface area contributed by atoms with Gasteiger partial charge in [-0.1, -0.05) is 0 Å². The summed E-state index contributed by atoms with van der Waals surface area (Å²) in [5, 5.41) is 0. The van der Waals surface area contributed by atoms with Crippen molar-refractivity contribution >= 4 is 0 Å². The Balaban J connectivity index is 1.98. The van der Waals surface area contributed by atoms with Gasteiger partial charge >= 0.3 is 0 Å². The number of nitrogens with zero attached hydrogens (tertiary/aromatic N) is 1. The van der Waals surface area contributed by atoms with Crippen LogP contribution >= 0.6 is 0 Å². The fourth-order valence-electron chi connectivity index (χ4n) is 1.76. The summed E-state index contributed by atoms with van der Waals surface area (Å²) >= 11 is 0. The average Bonchev–Trinajstić information content (AvgIpc) is 2.37. The molecule has 6 heteroatoms. The van der Waals surface area contributed by atoms with Gasteiger partial charge in [0.2, 0.25) is 5.75 Å². The lowest BCUT2D eigenvalue weighted by Crippen LogP contribution is -2.22. The van der Waals surface area contributed by atoms with E-state index in [2.05, 4.69) is 9.97 Å². The van der Waals surface area contributed by atoms with Crippen LogP contribution in [0.3, 0.4) is 0 Å². The second-order valence-electron chi connectivity index (χ2n) is 3.94. The Labute approximate surface area is 98.9 Å². The lowest BCUT2D eigenvalue weighted by atomic mass is 10.0. The molecule has 0 saturated carbocycles. The maximum Gasteiger partial charge on any atom is 0.297 e. The van der Waals surface area contributed by atoms with Crippen LogP contribution in [0.5, 0.6) is 11.6 Å². The second kappa shape index (κ2) is 5.67. The predicted molar refractivity (Wildman–Crippen MR) is 60.4 cm³/mol. The third-order valence-electron chi connectivity index (χ3n) is 2.78. The summed E-state index contributed by atoms with van der Waals surface area (Å²) in [6.07, 6.45) is 3.27. The normalized spacial score (nSPS) is 16.8. The van der Waals surface area contributed by atoms with Crippen LogP contribution in [0.15, 0.2) is 11.1 Å². The van der Waals surface area contributed by atoms with Gasteiger partial charge in [-0.05, 0) is 18.8 Å². The Morgan fingerprint density at radius 1 is 1.53 bits per heavy atom. The van der Waals surface area contributed by atoms with Gasteiger partial charge in [-0.25, -0.2) is 4.98 Å². The maximum atomic E-state index is 11.4. The zero-order chi connectivity index (χ0) is 12.1. The van der Waals surface area contributed by atoms with E-state index in [1.807, 2.05) is 0 Å². The smallest absolute Gasteiger partial charge is 0.297 e. The molecule has 0 atom stereocenters. The van der Waals surface area contributed by atoms with E-state index in [1.54, 1.807) is 0 Å². The van der Waals surface area contributed by atoms with E-state index < -0.39 is 0 Å². The molecule has 1 aliphatic rings. The van der Waals surface area contributed by atoms with Crippen molar-refractivity contribution in [1.29, 1.82) is 0 Å². The van der Waals surface area contributed by atoms with Crippen molar-refractivity contribution in [2.45, 2.75) is 12.8 Å². The Kier molecular flexibility index (Phi) is 3.98. The highest BCUT2D eigenvalue weighted by molar-refractivity contribution is 5.29. The third-order valence-corrected chi connectivity index (χ3v) is 2.78. The van der Waals surface area contributed by atoms with Crippen molar-refractivity contribution in [3.8, 4) is 11.6 Å². The van der Waals surface area contributed by atoms with Gasteiger partial charge in [0, 0.05) is 13.2 Å². The molecule has 94 valence electrons. The fourth-order valence-corrected chi connectivity index (χ4v) is 1.76. The topological polar surface area (TPSA) is 73.4 Å². The van der Waals surface area contributed by atoms with E-state index in [0.717, 1.165) is 26.1 Å². The first-order valence-corrected chi connectivity index (χ1v) is 5.63. The third kappa shape index (κ3) is 2.97. The summed E-state index contributed by atoms with van der Waals surface area (Å²) in [6.45, 7) is 2.08. The van der Waals surface area contributed by atoms with Gasteiger partial charge in [0.15, 0.2) is 0 Å². The number of rotatable bonds is 4. The number of aromatic amines is 1. The number of hydrogen-bond acceptors (Lipinski definition) is 5. The molecular formula is C11H16N2O4. The Hall–Kier alpha value is -1.56. The number of methoxy groups -OCH3 is 1. The molecule has 0 radical (unpaired) electrons. The van der Waals surface area contributed by atoms with E-state index in [-0.39, 0.29) is 17.2 Å². The summed E-state index contributed by atoms with van der Waals surface area (Å²) in [5.74, 6) is 0.830. The Morgan fingerprint density at radius 3 is 3.00 bits per heavy atom. The van der Waals surface area contributed by atoms with Crippen molar-refractivity contribution < 1.29 is 14.2 Å². The van der Waals surface area contributed by atoms with Gasteiger partial charge in [0.05, 0.1) is 20.0 Å². The van der Waals surface area contributed by atoms with Gasteiger partial charge in [-0.15, -0.1) is 0 Å². The van der Waals surface area contributed by atoms with Crippen LogP contribution in [0.1, 0.15) is 12.8 Å². The molecule has 1 aliphatic heterocycles. The van der Waals surface area contributed by atoms with Crippen LogP contribution in [0, 0.1) is 5.92 Å². The first-order valence-electron chi connectivity index (χ1n) is 5.63. The van der Waals surface area contributed by atoms with Crippen LogP contribution in [-0.4, -0.2) is 36.9 Å². The Morgan fingerprint density at radius 2 is 2.29 bits per heavy atom. The molecule has 1 fully saturated rings. The molecule has 17 heavy (non-hydrogen) atoms. The quantitative estimate of drug-likeness (QED) is 0.833. The first kappa shape index (κ1) is 11.9. The molecule has 1 aromatic heterocycles. The second-order valence-corrected chi connectivity index (χ2v) is 3.94. The van der Waals surface area contributed by atoms with Crippen LogP contribution in [0.2, 0.25) is 0 Å². The minimum Gasteiger partial charge on any atom is -0.487 e. The standard InChI is InChI=1S/C11H16N2O4/c1-15-9-10(14)12-7-13-11(9)17-6-8-2-4-16-5-3-8/h7-8H,2-6H2,1H3,(H,12,13,14). The monoisotopic (exact) mass is 240 g/mol. The summed E-state index contributed by atoms with van der Waals surface area (Å²) in [7, 11) is 1.42. The summed E-state index contributed by atoms with van der Waals surface area (Å²) in [5.41, 5.74) is -0.329. The number of ether oxygens (including phenoxy) is 3. The highest BCUT2D eigenvalue weighted by Crippen LogP contribution is 2.21. The largest absolute Gasteiger partial charge is 0.487 e. The van der Waals surface area contributed by atoms with Gasteiger partial charge in [0.1, 0.15) is 0 Å². The summed E-state index contributed by atoms with van der Waals surface area (Å²) < 4.78 is 15.8. The average molecular weight is 240 g/mol. The van der Waals surface area contributed by atoms with E-state index in [9.17, 15) is 4.79 Å². The van der Waals surface area contributed by atoms with Gasteiger partial charge in [-0.3, -0.25) is 4.79 Å². The van der Waals surface area contributed by atoms with Crippen LogP contribution in [0.4, 0.5) is 0 Å².